The molecule has 0 spiro atoms. The van der Waals surface area contributed by atoms with Crippen molar-refractivity contribution in [3.8, 4) is 0 Å². The van der Waals surface area contributed by atoms with E-state index in [1.807, 2.05) is 0 Å². The van der Waals surface area contributed by atoms with E-state index in [-0.39, 0.29) is 24.5 Å². The molecule has 0 bridgehead atoms. The van der Waals surface area contributed by atoms with Gasteiger partial charge in [-0.25, -0.2) is 9.18 Å². The summed E-state index contributed by atoms with van der Waals surface area (Å²) in [6, 6.07) is 5.23. The van der Waals surface area contributed by atoms with Crippen molar-refractivity contribution in [2.24, 2.45) is 0 Å². The zero-order valence-electron chi connectivity index (χ0n) is 9.95. The summed E-state index contributed by atoms with van der Waals surface area (Å²) in [6.07, 6.45) is 0.0438. The third-order valence-electron chi connectivity index (χ3n) is 2.27. The number of alkyl halides is 1. The summed E-state index contributed by atoms with van der Waals surface area (Å²) in [5.41, 5.74) is 0.135. The highest BCUT2D eigenvalue weighted by atomic mass is 35.5. The molecular formula is C12H14ClFN2O2. The van der Waals surface area contributed by atoms with Gasteiger partial charge in [0.25, 0.3) is 0 Å². The second-order valence-corrected chi connectivity index (χ2v) is 3.87. The van der Waals surface area contributed by atoms with Gasteiger partial charge >= 0.3 is 6.03 Å². The Hall–Kier alpha value is -1.62. The van der Waals surface area contributed by atoms with Crippen molar-refractivity contribution in [3.63, 3.8) is 0 Å². The average Bonchev–Trinajstić information content (AvgIpc) is 2.32. The Bertz CT molecular complexity index is 440. The van der Waals surface area contributed by atoms with Crippen LogP contribution < -0.4 is 10.2 Å². The lowest BCUT2D eigenvalue weighted by atomic mass is 10.3. The predicted molar refractivity (Wildman–Crippen MR) is 68.3 cm³/mol. The van der Waals surface area contributed by atoms with Gasteiger partial charge in [-0.1, -0.05) is 12.1 Å². The molecule has 0 atom stereocenters. The number of benzene rings is 1. The molecule has 1 aromatic rings. The predicted octanol–water partition coefficient (Wildman–Crippen LogP) is 2.52. The summed E-state index contributed by atoms with van der Waals surface area (Å²) in [4.78, 5) is 24.2. The van der Waals surface area contributed by atoms with Gasteiger partial charge in [0.05, 0.1) is 5.69 Å². The molecule has 0 heterocycles. The van der Waals surface area contributed by atoms with Crippen LogP contribution >= 0.6 is 11.6 Å². The topological polar surface area (TPSA) is 49.4 Å². The number of anilines is 1. The highest BCUT2D eigenvalue weighted by Crippen LogP contribution is 2.18. The van der Waals surface area contributed by atoms with E-state index >= 15 is 0 Å². The Balaban J connectivity index is 2.81. The first-order valence-corrected chi connectivity index (χ1v) is 6.05. The summed E-state index contributed by atoms with van der Waals surface area (Å²) in [5.74, 6) is -0.866. The normalized spacial score (nSPS) is 9.94. The van der Waals surface area contributed by atoms with Crippen LogP contribution in [0.25, 0.3) is 0 Å². The third kappa shape index (κ3) is 3.70. The first-order chi connectivity index (χ1) is 8.60. The maximum atomic E-state index is 13.5. The Morgan fingerprint density at radius 3 is 2.61 bits per heavy atom. The second-order valence-electron chi connectivity index (χ2n) is 3.49. The highest BCUT2D eigenvalue weighted by molar-refractivity contribution is 6.19. The van der Waals surface area contributed by atoms with Gasteiger partial charge in [-0.05, 0) is 19.1 Å². The van der Waals surface area contributed by atoms with Gasteiger partial charge in [-0.3, -0.25) is 15.0 Å². The zero-order chi connectivity index (χ0) is 13.5. The molecule has 0 aromatic heterocycles. The van der Waals surface area contributed by atoms with Crippen molar-refractivity contribution in [1.29, 1.82) is 0 Å². The van der Waals surface area contributed by atoms with Crippen LogP contribution in [0.4, 0.5) is 14.9 Å². The molecule has 0 radical (unpaired) electrons. The molecule has 3 amide bonds. The minimum atomic E-state index is -0.655. The largest absolute Gasteiger partial charge is 0.328 e. The lowest BCUT2D eigenvalue weighted by Crippen LogP contribution is -2.43. The molecule has 0 aliphatic heterocycles. The number of hydrogen-bond donors (Lipinski definition) is 1. The zero-order valence-corrected chi connectivity index (χ0v) is 10.7. The van der Waals surface area contributed by atoms with Crippen LogP contribution in [0, 0.1) is 5.82 Å². The van der Waals surface area contributed by atoms with E-state index in [0.717, 1.165) is 4.90 Å². The summed E-state index contributed by atoms with van der Waals surface area (Å²) in [5, 5.41) is 2.15. The molecular weight excluding hydrogens is 259 g/mol. The Morgan fingerprint density at radius 1 is 1.39 bits per heavy atom. The van der Waals surface area contributed by atoms with Crippen LogP contribution in [0.15, 0.2) is 24.3 Å². The van der Waals surface area contributed by atoms with E-state index in [1.54, 1.807) is 13.0 Å². The number of para-hydroxylation sites is 1. The number of rotatable bonds is 4. The van der Waals surface area contributed by atoms with Crippen molar-refractivity contribution in [1.82, 2.24) is 5.32 Å². The molecule has 4 nitrogen and oxygen atoms in total. The van der Waals surface area contributed by atoms with Crippen LogP contribution in [0.1, 0.15) is 13.3 Å². The fraction of sp³-hybridized carbons (Fsp3) is 0.333. The van der Waals surface area contributed by atoms with Gasteiger partial charge in [-0.15, -0.1) is 11.6 Å². The number of carbonyl (C=O) groups is 2. The molecule has 0 aliphatic carbocycles. The van der Waals surface area contributed by atoms with Crippen LogP contribution in [0.3, 0.4) is 0 Å². The summed E-state index contributed by atoms with van der Waals surface area (Å²) in [7, 11) is 0. The molecule has 0 fully saturated rings. The Morgan fingerprint density at radius 2 is 2.06 bits per heavy atom. The van der Waals surface area contributed by atoms with Crippen molar-refractivity contribution in [3.05, 3.63) is 30.1 Å². The van der Waals surface area contributed by atoms with Crippen molar-refractivity contribution < 1.29 is 14.0 Å². The summed E-state index contributed by atoms with van der Waals surface area (Å²) in [6.45, 7) is 1.94. The molecule has 1 aromatic carbocycles. The number of carbonyl (C=O) groups excluding carboxylic acids is 2. The van der Waals surface area contributed by atoms with Crippen molar-refractivity contribution in [2.75, 3.05) is 17.3 Å². The average molecular weight is 273 g/mol. The molecule has 0 saturated heterocycles. The van der Waals surface area contributed by atoms with Gasteiger partial charge in [-0.2, -0.15) is 0 Å². The van der Waals surface area contributed by atoms with Gasteiger partial charge in [0.1, 0.15) is 5.82 Å². The smallest absolute Gasteiger partial charge is 0.291 e. The molecule has 18 heavy (non-hydrogen) atoms. The molecule has 1 rings (SSSR count). The quantitative estimate of drug-likeness (QED) is 0.856. The number of hydrogen-bond acceptors (Lipinski definition) is 2. The lowest BCUT2D eigenvalue weighted by Gasteiger charge is -2.21. The van der Waals surface area contributed by atoms with Crippen LogP contribution in [0.2, 0.25) is 0 Å². The number of nitrogens with one attached hydrogen (secondary N) is 1. The Labute approximate surface area is 110 Å². The van der Waals surface area contributed by atoms with E-state index in [2.05, 4.69) is 5.32 Å². The fourth-order valence-electron chi connectivity index (χ4n) is 1.43. The first kappa shape index (κ1) is 14.4. The number of nitrogens with zero attached hydrogens (tertiary/aromatic N) is 1. The number of halogens is 2. The van der Waals surface area contributed by atoms with E-state index in [9.17, 15) is 14.0 Å². The first-order valence-electron chi connectivity index (χ1n) is 5.52. The van der Waals surface area contributed by atoms with Crippen LogP contribution in [-0.4, -0.2) is 24.4 Å². The molecule has 0 saturated carbocycles. The minimum Gasteiger partial charge on any atom is -0.291 e. The van der Waals surface area contributed by atoms with Gasteiger partial charge in [0, 0.05) is 18.8 Å². The Kier molecular flexibility index (Phi) is 5.58. The minimum absolute atomic E-state index is 0.0438. The maximum Gasteiger partial charge on any atom is 0.328 e. The number of urea groups is 1. The van der Waals surface area contributed by atoms with Crippen LogP contribution in [0.5, 0.6) is 0 Å². The summed E-state index contributed by atoms with van der Waals surface area (Å²) < 4.78 is 13.5. The van der Waals surface area contributed by atoms with Crippen LogP contribution in [-0.2, 0) is 4.79 Å². The monoisotopic (exact) mass is 272 g/mol. The van der Waals surface area contributed by atoms with Gasteiger partial charge in [0.15, 0.2) is 0 Å². The molecule has 1 N–H and O–H groups in total. The van der Waals surface area contributed by atoms with Crippen molar-refractivity contribution in [2.45, 2.75) is 13.3 Å². The van der Waals surface area contributed by atoms with E-state index in [4.69, 9.17) is 11.6 Å². The molecule has 0 aliphatic rings. The van der Waals surface area contributed by atoms with E-state index < -0.39 is 17.8 Å². The molecule has 98 valence electrons. The SMILES string of the molecule is CCN(C(=O)NC(=O)CCCl)c1ccccc1F. The van der Waals surface area contributed by atoms with E-state index in [0.29, 0.717) is 0 Å². The molecule has 0 unspecified atom stereocenters. The van der Waals surface area contributed by atoms with Crippen molar-refractivity contribution >= 4 is 29.2 Å². The molecule has 6 heteroatoms. The lowest BCUT2D eigenvalue weighted by molar-refractivity contribution is -0.119. The number of amides is 3. The fourth-order valence-corrected chi connectivity index (χ4v) is 1.60. The maximum absolute atomic E-state index is 13.5. The number of imide groups is 1. The summed E-state index contributed by atoms with van der Waals surface area (Å²) >= 11 is 5.39. The third-order valence-corrected chi connectivity index (χ3v) is 2.46. The van der Waals surface area contributed by atoms with Gasteiger partial charge in [0.2, 0.25) is 5.91 Å². The highest BCUT2D eigenvalue weighted by Gasteiger charge is 2.18. The second kappa shape index (κ2) is 6.96. The van der Waals surface area contributed by atoms with Gasteiger partial charge < -0.3 is 0 Å². The standard InChI is InChI=1S/C12H14ClFN2O2/c1-2-16(10-6-4-3-5-9(10)14)12(18)15-11(17)7-8-13/h3-6H,2,7-8H2,1H3,(H,15,17,18). The van der Waals surface area contributed by atoms with E-state index in [1.165, 1.54) is 18.2 Å².